The van der Waals surface area contributed by atoms with Gasteiger partial charge in [-0.1, -0.05) is 0 Å². The Hall–Kier alpha value is -3.36. The van der Waals surface area contributed by atoms with Crippen molar-refractivity contribution in [1.82, 2.24) is 24.5 Å². The molecule has 0 aliphatic rings. The zero-order chi connectivity index (χ0) is 20.1. The molecule has 0 aliphatic carbocycles. The van der Waals surface area contributed by atoms with E-state index in [0.717, 1.165) is 11.1 Å². The van der Waals surface area contributed by atoms with Gasteiger partial charge in [-0.15, -0.1) is 0 Å². The largest absolute Gasteiger partial charge is 0.481 e. The average Bonchev–Trinajstić information content (AvgIpc) is 3.10. The zero-order valence-electron chi connectivity index (χ0n) is 16.3. The Morgan fingerprint density at radius 2 is 2.11 bits per heavy atom. The fraction of sp³-hybridized carbons (Fsp3) is 0.368. The van der Waals surface area contributed by atoms with Crippen LogP contribution in [0.25, 0.3) is 16.8 Å². The number of fused-ring (bicyclic) bond motifs is 1. The van der Waals surface area contributed by atoms with E-state index < -0.39 is 0 Å². The third-order valence-corrected chi connectivity index (χ3v) is 3.92. The van der Waals surface area contributed by atoms with Gasteiger partial charge in [-0.25, -0.2) is 14.3 Å². The molecule has 0 N–H and O–H groups in total. The molecule has 0 unspecified atom stereocenters. The van der Waals surface area contributed by atoms with Gasteiger partial charge in [0.2, 0.25) is 11.8 Å². The van der Waals surface area contributed by atoms with Crippen LogP contribution in [0.5, 0.6) is 11.8 Å². The second-order valence-corrected chi connectivity index (χ2v) is 6.35. The number of carbonyl (C=O) groups is 1. The Labute approximate surface area is 162 Å². The monoisotopic (exact) mass is 385 g/mol. The molecule has 3 heterocycles. The molecular formula is C19H23N5O4. The van der Waals surface area contributed by atoms with E-state index in [1.54, 1.807) is 43.3 Å². The maximum atomic E-state index is 11.8. The van der Waals surface area contributed by atoms with Gasteiger partial charge in [0.25, 0.3) is 0 Å². The Kier molecular flexibility index (Phi) is 5.93. The van der Waals surface area contributed by atoms with Crippen molar-refractivity contribution in [1.29, 1.82) is 0 Å². The van der Waals surface area contributed by atoms with E-state index >= 15 is 0 Å². The van der Waals surface area contributed by atoms with Crippen LogP contribution >= 0.6 is 0 Å². The molecule has 0 radical (unpaired) electrons. The first-order chi connectivity index (χ1) is 13.5. The first-order valence-electron chi connectivity index (χ1n) is 8.88. The van der Waals surface area contributed by atoms with Crippen molar-refractivity contribution in [2.24, 2.45) is 0 Å². The van der Waals surface area contributed by atoms with E-state index in [4.69, 9.17) is 14.2 Å². The van der Waals surface area contributed by atoms with E-state index in [1.165, 1.54) is 4.90 Å². The van der Waals surface area contributed by atoms with E-state index in [0.29, 0.717) is 24.0 Å². The summed E-state index contributed by atoms with van der Waals surface area (Å²) in [6, 6.07) is 5.44. The minimum Gasteiger partial charge on any atom is -0.481 e. The molecule has 0 saturated heterocycles. The van der Waals surface area contributed by atoms with E-state index in [1.807, 2.05) is 26.0 Å². The average molecular weight is 385 g/mol. The molecule has 3 aromatic rings. The van der Waals surface area contributed by atoms with Crippen LogP contribution in [-0.4, -0.2) is 64.0 Å². The van der Waals surface area contributed by atoms with Crippen molar-refractivity contribution in [2.45, 2.75) is 20.0 Å². The number of ether oxygens (including phenoxy) is 3. The number of hydrogen-bond donors (Lipinski definition) is 0. The molecule has 0 aromatic carbocycles. The van der Waals surface area contributed by atoms with Gasteiger partial charge in [0, 0.05) is 31.1 Å². The van der Waals surface area contributed by atoms with Gasteiger partial charge in [-0.3, -0.25) is 0 Å². The fourth-order valence-corrected chi connectivity index (χ4v) is 2.55. The number of hydrogen-bond acceptors (Lipinski definition) is 7. The molecule has 3 aromatic heterocycles. The number of nitrogens with zero attached hydrogens (tertiary/aromatic N) is 5. The van der Waals surface area contributed by atoms with Crippen LogP contribution in [0, 0.1) is 0 Å². The summed E-state index contributed by atoms with van der Waals surface area (Å²) in [5, 5.41) is 4.32. The van der Waals surface area contributed by atoms with Crippen molar-refractivity contribution in [3.05, 3.63) is 36.8 Å². The predicted octanol–water partition coefficient (Wildman–Crippen LogP) is 2.66. The Morgan fingerprint density at radius 1 is 1.29 bits per heavy atom. The molecule has 3 rings (SSSR count). The van der Waals surface area contributed by atoms with Gasteiger partial charge in [0.15, 0.2) is 5.65 Å². The summed E-state index contributed by atoms with van der Waals surface area (Å²) >= 11 is 0. The lowest BCUT2D eigenvalue weighted by atomic mass is 10.1. The predicted molar refractivity (Wildman–Crippen MR) is 103 cm³/mol. The normalized spacial score (nSPS) is 10.9. The van der Waals surface area contributed by atoms with Crippen molar-refractivity contribution >= 4 is 11.7 Å². The summed E-state index contributed by atoms with van der Waals surface area (Å²) in [7, 11) is 3.23. The van der Waals surface area contributed by atoms with Crippen LogP contribution in [0.1, 0.15) is 13.8 Å². The second-order valence-electron chi connectivity index (χ2n) is 6.35. The Balaban J connectivity index is 1.73. The summed E-state index contributed by atoms with van der Waals surface area (Å²) in [4.78, 5) is 22.0. The Bertz CT molecular complexity index is 956. The number of carbonyl (C=O) groups excluding carboxylic acids is 1. The molecule has 1 amide bonds. The fourth-order valence-electron chi connectivity index (χ4n) is 2.55. The molecule has 0 spiro atoms. The molecule has 28 heavy (non-hydrogen) atoms. The molecule has 0 aliphatic heterocycles. The highest BCUT2D eigenvalue weighted by atomic mass is 16.6. The van der Waals surface area contributed by atoms with Crippen molar-refractivity contribution < 1.29 is 19.0 Å². The number of methoxy groups -OCH3 is 1. The number of likely N-dealkylation sites (N-methyl/N-ethyl adjacent to an activating group) is 1. The maximum Gasteiger partial charge on any atom is 0.409 e. The van der Waals surface area contributed by atoms with Crippen molar-refractivity contribution in [3.8, 4) is 22.9 Å². The number of amides is 1. The third-order valence-electron chi connectivity index (χ3n) is 3.92. The minimum atomic E-state index is -0.385. The lowest BCUT2D eigenvalue weighted by molar-refractivity contribution is 0.0798. The van der Waals surface area contributed by atoms with Gasteiger partial charge < -0.3 is 19.1 Å². The van der Waals surface area contributed by atoms with E-state index in [2.05, 4.69) is 15.1 Å². The van der Waals surface area contributed by atoms with Gasteiger partial charge >= 0.3 is 6.09 Å². The van der Waals surface area contributed by atoms with Gasteiger partial charge in [-0.05, 0) is 26.0 Å². The lowest BCUT2D eigenvalue weighted by Crippen LogP contribution is -2.32. The quantitative estimate of drug-likeness (QED) is 0.617. The maximum absolute atomic E-state index is 11.8. The molecule has 0 fully saturated rings. The highest BCUT2D eigenvalue weighted by Gasteiger charge is 2.15. The summed E-state index contributed by atoms with van der Waals surface area (Å²) < 4.78 is 17.8. The van der Waals surface area contributed by atoms with Crippen molar-refractivity contribution in [3.63, 3.8) is 0 Å². The second kappa shape index (κ2) is 8.55. The smallest absolute Gasteiger partial charge is 0.409 e. The Morgan fingerprint density at radius 3 is 2.86 bits per heavy atom. The van der Waals surface area contributed by atoms with Crippen LogP contribution < -0.4 is 9.47 Å². The number of aromatic nitrogens is 4. The topological polar surface area (TPSA) is 91.1 Å². The number of rotatable bonds is 7. The summed E-state index contributed by atoms with van der Waals surface area (Å²) in [6.07, 6.45) is 4.59. The van der Waals surface area contributed by atoms with Crippen LogP contribution in [0.3, 0.4) is 0 Å². The minimum absolute atomic E-state index is 0.162. The highest BCUT2D eigenvalue weighted by molar-refractivity contribution is 5.80. The molecule has 9 nitrogen and oxygen atoms in total. The first kappa shape index (κ1) is 19.4. The molecule has 0 saturated carbocycles. The van der Waals surface area contributed by atoms with E-state index in [-0.39, 0.29) is 18.8 Å². The van der Waals surface area contributed by atoms with E-state index in [9.17, 15) is 4.79 Å². The molecular weight excluding hydrogens is 362 g/mol. The third kappa shape index (κ3) is 4.30. The molecule has 0 atom stereocenters. The molecule has 148 valence electrons. The SMILES string of the molecule is COc1ncccc1-c1cnn2ccc(OCCN(C)C(=O)OC(C)C)nc12. The summed E-state index contributed by atoms with van der Waals surface area (Å²) in [6.45, 7) is 4.27. The van der Waals surface area contributed by atoms with Crippen molar-refractivity contribution in [2.75, 3.05) is 27.3 Å². The lowest BCUT2D eigenvalue weighted by Gasteiger charge is -2.18. The van der Waals surface area contributed by atoms with Gasteiger partial charge in [0.1, 0.15) is 6.61 Å². The summed E-state index contributed by atoms with van der Waals surface area (Å²) in [5.41, 5.74) is 2.20. The zero-order valence-corrected chi connectivity index (χ0v) is 16.3. The molecule has 9 heteroatoms. The molecule has 0 bridgehead atoms. The standard InChI is InChI=1S/C19H23N5O4/c1-13(2)28-19(25)23(3)10-11-27-16-7-9-24-17(22-16)15(12-21-24)14-6-5-8-20-18(14)26-4/h5-9,12-13H,10-11H2,1-4H3. The number of pyridine rings is 1. The van der Waals surface area contributed by atoms with Crippen LogP contribution in [-0.2, 0) is 4.74 Å². The van der Waals surface area contributed by atoms with Crippen LogP contribution in [0.2, 0.25) is 0 Å². The summed E-state index contributed by atoms with van der Waals surface area (Å²) in [5.74, 6) is 0.929. The van der Waals surface area contributed by atoms with Gasteiger partial charge in [-0.2, -0.15) is 10.1 Å². The highest BCUT2D eigenvalue weighted by Crippen LogP contribution is 2.30. The van der Waals surface area contributed by atoms with Crippen LogP contribution in [0.4, 0.5) is 4.79 Å². The van der Waals surface area contributed by atoms with Gasteiger partial charge in [0.05, 0.1) is 31.5 Å². The first-order valence-corrected chi connectivity index (χ1v) is 8.88. The van der Waals surface area contributed by atoms with Crippen LogP contribution in [0.15, 0.2) is 36.8 Å².